The van der Waals surface area contributed by atoms with Crippen molar-refractivity contribution in [2.24, 2.45) is 5.92 Å². The fourth-order valence-electron chi connectivity index (χ4n) is 2.84. The van der Waals surface area contributed by atoms with Crippen molar-refractivity contribution in [1.29, 1.82) is 5.26 Å². The molecule has 0 unspecified atom stereocenters. The smallest absolute Gasteiger partial charge is 0.338 e. The Bertz CT molecular complexity index is 1110. The van der Waals surface area contributed by atoms with E-state index < -0.39 is 11.8 Å². The van der Waals surface area contributed by atoms with Crippen LogP contribution < -0.4 is 5.32 Å². The van der Waals surface area contributed by atoms with Gasteiger partial charge in [-0.1, -0.05) is 26.0 Å². The molecule has 0 fully saturated rings. The Morgan fingerprint density at radius 2 is 1.87 bits per heavy atom. The van der Waals surface area contributed by atoms with Gasteiger partial charge in [-0.3, -0.25) is 14.9 Å². The van der Waals surface area contributed by atoms with Gasteiger partial charge in [0, 0.05) is 11.1 Å². The van der Waals surface area contributed by atoms with E-state index in [1.54, 1.807) is 49.4 Å². The first-order valence-corrected chi connectivity index (χ1v) is 9.36. The van der Waals surface area contributed by atoms with E-state index in [2.05, 4.69) is 5.32 Å². The zero-order valence-corrected chi connectivity index (χ0v) is 16.8. The molecule has 3 rings (SSSR count). The highest BCUT2D eigenvalue weighted by atomic mass is 16.5. The van der Waals surface area contributed by atoms with Gasteiger partial charge in [-0.05, 0) is 48.8 Å². The summed E-state index contributed by atoms with van der Waals surface area (Å²) in [5, 5.41) is 11.3. The van der Waals surface area contributed by atoms with Crippen LogP contribution in [-0.4, -0.2) is 24.4 Å². The molecule has 1 aromatic carbocycles. The van der Waals surface area contributed by atoms with E-state index in [4.69, 9.17) is 14.4 Å². The second kappa shape index (κ2) is 8.62. The molecule has 7 nitrogen and oxygen atoms in total. The Balaban J connectivity index is 1.82. The molecular formula is C23H20N2O5. The number of nitrogens with zero attached hydrogens (tertiary/aromatic N) is 1. The summed E-state index contributed by atoms with van der Waals surface area (Å²) in [6.45, 7) is 5.83. The molecule has 1 aliphatic rings. The van der Waals surface area contributed by atoms with Gasteiger partial charge in [0.2, 0.25) is 0 Å². The number of furan rings is 1. The van der Waals surface area contributed by atoms with Gasteiger partial charge in [0.05, 0.1) is 12.2 Å². The average molecular weight is 404 g/mol. The van der Waals surface area contributed by atoms with Crippen LogP contribution in [0, 0.1) is 17.2 Å². The summed E-state index contributed by atoms with van der Waals surface area (Å²) in [4.78, 5) is 35.8. The number of imide groups is 1. The minimum atomic E-state index is -0.704. The van der Waals surface area contributed by atoms with E-state index in [9.17, 15) is 14.4 Å². The van der Waals surface area contributed by atoms with Gasteiger partial charge in [-0.25, -0.2) is 4.79 Å². The lowest BCUT2D eigenvalue weighted by molar-refractivity contribution is -0.126. The number of carbonyl (C=O) groups is 3. The fourth-order valence-corrected chi connectivity index (χ4v) is 2.84. The van der Waals surface area contributed by atoms with E-state index in [0.29, 0.717) is 29.3 Å². The van der Waals surface area contributed by atoms with Gasteiger partial charge in [0.25, 0.3) is 11.8 Å². The number of nitriles is 1. The highest BCUT2D eigenvalue weighted by molar-refractivity contribution is 6.19. The Morgan fingerprint density at radius 1 is 1.17 bits per heavy atom. The lowest BCUT2D eigenvalue weighted by Gasteiger charge is -2.15. The van der Waals surface area contributed by atoms with Crippen LogP contribution >= 0.6 is 0 Å². The first kappa shape index (κ1) is 20.8. The third kappa shape index (κ3) is 4.39. The molecule has 2 heterocycles. The van der Waals surface area contributed by atoms with Crippen molar-refractivity contribution < 1.29 is 23.5 Å². The van der Waals surface area contributed by atoms with E-state index in [1.807, 2.05) is 13.8 Å². The summed E-state index contributed by atoms with van der Waals surface area (Å²) < 4.78 is 11.0. The third-order valence-electron chi connectivity index (χ3n) is 4.46. The number of esters is 1. The van der Waals surface area contributed by atoms with Crippen LogP contribution in [0.25, 0.3) is 17.4 Å². The van der Waals surface area contributed by atoms with Gasteiger partial charge < -0.3 is 9.15 Å². The van der Waals surface area contributed by atoms with Gasteiger partial charge in [0.15, 0.2) is 0 Å². The van der Waals surface area contributed by atoms with Crippen molar-refractivity contribution in [2.75, 3.05) is 6.61 Å². The maximum atomic E-state index is 12.1. The van der Waals surface area contributed by atoms with Gasteiger partial charge in [-0.2, -0.15) is 5.26 Å². The normalized spacial score (nSPS) is 15.4. The Labute approximate surface area is 173 Å². The van der Waals surface area contributed by atoms with Crippen LogP contribution in [0.3, 0.4) is 0 Å². The zero-order valence-electron chi connectivity index (χ0n) is 16.8. The number of benzene rings is 1. The maximum Gasteiger partial charge on any atom is 0.338 e. The second-order valence-electron chi connectivity index (χ2n) is 7.22. The number of rotatable bonds is 5. The monoisotopic (exact) mass is 404 g/mol. The van der Waals surface area contributed by atoms with E-state index in [0.717, 1.165) is 5.56 Å². The van der Waals surface area contributed by atoms with Crippen molar-refractivity contribution in [2.45, 2.75) is 20.8 Å². The number of hydrogen-bond donors (Lipinski definition) is 1. The van der Waals surface area contributed by atoms with Crippen molar-refractivity contribution in [3.05, 3.63) is 64.4 Å². The summed E-state index contributed by atoms with van der Waals surface area (Å²) in [5.74, 6) is -0.479. The molecule has 1 aromatic heterocycles. The van der Waals surface area contributed by atoms with Crippen molar-refractivity contribution in [1.82, 2.24) is 5.32 Å². The molecule has 2 amide bonds. The second-order valence-corrected chi connectivity index (χ2v) is 7.22. The molecule has 0 spiro atoms. The third-order valence-corrected chi connectivity index (χ3v) is 4.46. The van der Waals surface area contributed by atoms with E-state index >= 15 is 0 Å². The minimum absolute atomic E-state index is 0.104. The topological polar surface area (TPSA) is 109 Å². The standard InChI is InChI=1S/C23H20N2O5/c1-13(2)12-29-23(28)16-6-4-15(5-7-16)20-9-8-17(30-20)10-18-14(3)19(11-24)22(27)25-21(18)26/h4-10,13H,12H2,1-3H3,(H,25,26,27)/b18-10-. The SMILES string of the molecule is CC1=C(C#N)C(=O)NC(=O)/C1=C\c1ccc(-c2ccc(C(=O)OCC(C)C)cc2)o1. The molecule has 0 aliphatic carbocycles. The first-order valence-electron chi connectivity index (χ1n) is 9.36. The van der Waals surface area contributed by atoms with Crippen LogP contribution in [0.1, 0.15) is 36.9 Å². The molecule has 30 heavy (non-hydrogen) atoms. The molecule has 1 aliphatic heterocycles. The zero-order chi connectivity index (χ0) is 21.8. The van der Waals surface area contributed by atoms with Gasteiger partial charge in [-0.15, -0.1) is 0 Å². The molecule has 152 valence electrons. The minimum Gasteiger partial charge on any atom is -0.462 e. The molecule has 0 radical (unpaired) electrons. The first-order chi connectivity index (χ1) is 14.3. The van der Waals surface area contributed by atoms with Crippen LogP contribution in [0.4, 0.5) is 0 Å². The number of hydrogen-bond acceptors (Lipinski definition) is 6. The largest absolute Gasteiger partial charge is 0.462 e. The number of nitrogens with one attached hydrogen (secondary N) is 1. The van der Waals surface area contributed by atoms with Crippen LogP contribution in [0.2, 0.25) is 0 Å². The molecule has 2 aromatic rings. The lowest BCUT2D eigenvalue weighted by Crippen LogP contribution is -2.37. The summed E-state index contributed by atoms with van der Waals surface area (Å²) in [6.07, 6.45) is 1.48. The highest BCUT2D eigenvalue weighted by Gasteiger charge is 2.27. The van der Waals surface area contributed by atoms with Crippen molar-refractivity contribution >= 4 is 23.9 Å². The van der Waals surface area contributed by atoms with E-state index in [1.165, 1.54) is 6.08 Å². The Morgan fingerprint density at radius 3 is 2.50 bits per heavy atom. The fraction of sp³-hybridized carbons (Fsp3) is 0.217. The van der Waals surface area contributed by atoms with Crippen LogP contribution in [0.5, 0.6) is 0 Å². The quantitative estimate of drug-likeness (QED) is 0.463. The predicted molar refractivity (Wildman–Crippen MR) is 109 cm³/mol. The summed E-state index contributed by atoms with van der Waals surface area (Å²) in [6, 6.07) is 12.0. The van der Waals surface area contributed by atoms with Gasteiger partial charge in [0.1, 0.15) is 23.2 Å². The Kier molecular flexibility index (Phi) is 5.98. The Hall–Kier alpha value is -3.92. The summed E-state index contributed by atoms with van der Waals surface area (Å²) >= 11 is 0. The molecular weight excluding hydrogens is 384 g/mol. The average Bonchev–Trinajstić information content (AvgIpc) is 3.18. The molecule has 7 heteroatoms. The summed E-state index contributed by atoms with van der Waals surface area (Å²) in [7, 11) is 0. The highest BCUT2D eigenvalue weighted by Crippen LogP contribution is 2.27. The predicted octanol–water partition coefficient (Wildman–Crippen LogP) is 3.64. The van der Waals surface area contributed by atoms with Crippen LogP contribution in [-0.2, 0) is 14.3 Å². The number of ether oxygens (including phenoxy) is 1. The molecule has 0 saturated carbocycles. The maximum absolute atomic E-state index is 12.1. The van der Waals surface area contributed by atoms with E-state index in [-0.39, 0.29) is 23.0 Å². The molecule has 0 saturated heterocycles. The lowest BCUT2D eigenvalue weighted by atomic mass is 9.96. The van der Waals surface area contributed by atoms with Crippen molar-refractivity contribution in [3.8, 4) is 17.4 Å². The molecule has 1 N–H and O–H groups in total. The molecule has 0 atom stereocenters. The number of amides is 2. The molecule has 0 bridgehead atoms. The van der Waals surface area contributed by atoms with Crippen LogP contribution in [0.15, 0.2) is 57.5 Å². The van der Waals surface area contributed by atoms with Gasteiger partial charge >= 0.3 is 5.97 Å². The summed E-state index contributed by atoms with van der Waals surface area (Å²) in [5.41, 5.74) is 1.58. The van der Waals surface area contributed by atoms with Crippen molar-refractivity contribution in [3.63, 3.8) is 0 Å². The number of carbonyl (C=O) groups excluding carboxylic acids is 3.